The van der Waals surface area contributed by atoms with Crippen molar-refractivity contribution in [2.24, 2.45) is 5.73 Å². The Morgan fingerprint density at radius 3 is 2.59 bits per heavy atom. The number of nitrogens with two attached hydrogens (primary N) is 1. The van der Waals surface area contributed by atoms with Crippen molar-refractivity contribution < 1.29 is 4.79 Å². The Bertz CT molecular complexity index is 297. The van der Waals surface area contributed by atoms with Gasteiger partial charge in [0.2, 0.25) is 5.91 Å². The predicted molar refractivity (Wildman–Crippen MR) is 68.4 cm³/mol. The zero-order valence-electron chi connectivity index (χ0n) is 10.5. The highest BCUT2D eigenvalue weighted by Gasteiger charge is 2.24. The molecular weight excluding hydrogens is 214 g/mol. The average Bonchev–Trinajstić information content (AvgIpc) is 2.80. The molecule has 2 fully saturated rings. The fraction of sp³-hybridized carbons (Fsp3) is 0.769. The molecule has 2 aliphatic rings. The van der Waals surface area contributed by atoms with Crippen molar-refractivity contribution in [1.82, 2.24) is 9.80 Å². The smallest absolute Gasteiger partial charge is 0.242 e. The maximum atomic E-state index is 12.1. The second-order valence-corrected chi connectivity index (χ2v) is 5.10. The van der Waals surface area contributed by atoms with E-state index in [4.69, 9.17) is 5.73 Å². The van der Waals surface area contributed by atoms with Crippen LogP contribution < -0.4 is 5.73 Å². The van der Waals surface area contributed by atoms with E-state index in [1.54, 1.807) is 0 Å². The van der Waals surface area contributed by atoms with Crippen LogP contribution in [0.25, 0.3) is 0 Å². The lowest BCUT2D eigenvalue weighted by atomic mass is 10.1. The molecule has 2 rings (SSSR count). The highest BCUT2D eigenvalue weighted by Crippen LogP contribution is 2.18. The van der Waals surface area contributed by atoms with Crippen molar-refractivity contribution >= 4 is 5.91 Å². The molecule has 4 heteroatoms. The van der Waals surface area contributed by atoms with E-state index < -0.39 is 0 Å². The first-order chi connectivity index (χ1) is 8.18. The maximum Gasteiger partial charge on any atom is 0.242 e. The van der Waals surface area contributed by atoms with E-state index >= 15 is 0 Å². The minimum absolute atomic E-state index is 0.0314. The normalized spacial score (nSPS) is 26.2. The van der Waals surface area contributed by atoms with Crippen molar-refractivity contribution in [1.29, 1.82) is 0 Å². The van der Waals surface area contributed by atoms with Crippen molar-refractivity contribution in [2.75, 3.05) is 26.2 Å². The molecular formula is C13H23N3O. The fourth-order valence-electron chi connectivity index (χ4n) is 2.62. The van der Waals surface area contributed by atoms with E-state index in [1.807, 2.05) is 4.90 Å². The standard InChI is InChI=1S/C13H23N3O/c1-11-12(14)6-2-3-9-16(11)10-13(17)15-7-4-5-8-15/h12H,1-10,14H2. The highest BCUT2D eigenvalue weighted by molar-refractivity contribution is 5.78. The molecule has 1 atom stereocenters. The Balaban J connectivity index is 1.91. The Hall–Kier alpha value is -1.03. The van der Waals surface area contributed by atoms with Crippen LogP contribution in [0.2, 0.25) is 0 Å². The SMILES string of the molecule is C=C1C(N)CCCCN1CC(=O)N1CCCC1. The van der Waals surface area contributed by atoms with Gasteiger partial charge in [0.05, 0.1) is 6.54 Å². The monoisotopic (exact) mass is 237 g/mol. The lowest BCUT2D eigenvalue weighted by Crippen LogP contribution is -2.41. The van der Waals surface area contributed by atoms with Gasteiger partial charge in [0.1, 0.15) is 0 Å². The maximum absolute atomic E-state index is 12.1. The minimum atomic E-state index is 0.0314. The van der Waals surface area contributed by atoms with E-state index in [9.17, 15) is 4.79 Å². The van der Waals surface area contributed by atoms with Gasteiger partial charge in [-0.2, -0.15) is 0 Å². The zero-order valence-corrected chi connectivity index (χ0v) is 10.5. The van der Waals surface area contributed by atoms with Crippen molar-refractivity contribution in [3.63, 3.8) is 0 Å². The number of rotatable bonds is 2. The van der Waals surface area contributed by atoms with E-state index in [-0.39, 0.29) is 11.9 Å². The first kappa shape index (κ1) is 12.4. The van der Waals surface area contributed by atoms with Crippen LogP contribution in [0.3, 0.4) is 0 Å². The summed E-state index contributed by atoms with van der Waals surface area (Å²) in [6.45, 7) is 7.28. The summed E-state index contributed by atoms with van der Waals surface area (Å²) in [6.07, 6.45) is 5.53. The van der Waals surface area contributed by atoms with Crippen molar-refractivity contribution in [2.45, 2.75) is 38.1 Å². The number of hydrogen-bond acceptors (Lipinski definition) is 3. The fourth-order valence-corrected chi connectivity index (χ4v) is 2.62. The summed E-state index contributed by atoms with van der Waals surface area (Å²) >= 11 is 0. The lowest BCUT2D eigenvalue weighted by Gasteiger charge is -2.28. The summed E-state index contributed by atoms with van der Waals surface area (Å²) in [7, 11) is 0. The van der Waals surface area contributed by atoms with Gasteiger partial charge in [0.25, 0.3) is 0 Å². The molecule has 2 saturated heterocycles. The van der Waals surface area contributed by atoms with Crippen LogP contribution in [0, 0.1) is 0 Å². The van der Waals surface area contributed by atoms with Gasteiger partial charge in [-0.1, -0.05) is 6.58 Å². The van der Waals surface area contributed by atoms with Crippen LogP contribution in [0.5, 0.6) is 0 Å². The number of nitrogens with zero attached hydrogens (tertiary/aromatic N) is 2. The summed E-state index contributed by atoms with van der Waals surface area (Å²) in [4.78, 5) is 16.1. The third-order valence-electron chi connectivity index (χ3n) is 3.81. The Kier molecular flexibility index (Phi) is 4.05. The number of hydrogen-bond donors (Lipinski definition) is 1. The molecule has 17 heavy (non-hydrogen) atoms. The molecule has 0 bridgehead atoms. The molecule has 0 aliphatic carbocycles. The van der Waals surface area contributed by atoms with Crippen LogP contribution in [0.1, 0.15) is 32.1 Å². The number of carbonyl (C=O) groups is 1. The molecule has 1 amide bonds. The third kappa shape index (κ3) is 3.00. The van der Waals surface area contributed by atoms with Crippen LogP contribution in [0.4, 0.5) is 0 Å². The van der Waals surface area contributed by atoms with Gasteiger partial charge in [-0.25, -0.2) is 0 Å². The molecule has 0 aromatic carbocycles. The van der Waals surface area contributed by atoms with Crippen LogP contribution in [-0.4, -0.2) is 47.9 Å². The van der Waals surface area contributed by atoms with Gasteiger partial charge in [0.15, 0.2) is 0 Å². The first-order valence-electron chi connectivity index (χ1n) is 6.65. The quantitative estimate of drug-likeness (QED) is 0.777. The molecule has 0 aromatic heterocycles. The molecule has 2 aliphatic heterocycles. The van der Waals surface area contributed by atoms with Crippen LogP contribution >= 0.6 is 0 Å². The van der Waals surface area contributed by atoms with Gasteiger partial charge in [0, 0.05) is 31.4 Å². The molecule has 2 heterocycles. The summed E-state index contributed by atoms with van der Waals surface area (Å²) in [5.74, 6) is 0.234. The second-order valence-electron chi connectivity index (χ2n) is 5.10. The van der Waals surface area contributed by atoms with E-state index in [0.29, 0.717) is 6.54 Å². The summed E-state index contributed by atoms with van der Waals surface area (Å²) in [6, 6.07) is 0.0314. The average molecular weight is 237 g/mol. The second kappa shape index (κ2) is 5.54. The molecule has 2 N–H and O–H groups in total. The van der Waals surface area contributed by atoms with Gasteiger partial charge >= 0.3 is 0 Å². The minimum Gasteiger partial charge on any atom is -0.365 e. The van der Waals surface area contributed by atoms with Crippen molar-refractivity contribution in [3.05, 3.63) is 12.3 Å². The van der Waals surface area contributed by atoms with Gasteiger partial charge in [-0.15, -0.1) is 0 Å². The van der Waals surface area contributed by atoms with Gasteiger partial charge in [-0.05, 0) is 32.1 Å². The van der Waals surface area contributed by atoms with E-state index in [1.165, 1.54) is 0 Å². The number of likely N-dealkylation sites (tertiary alicyclic amines) is 2. The summed E-state index contributed by atoms with van der Waals surface area (Å²) < 4.78 is 0. The summed E-state index contributed by atoms with van der Waals surface area (Å²) in [5, 5.41) is 0. The van der Waals surface area contributed by atoms with Crippen LogP contribution in [0.15, 0.2) is 12.3 Å². The molecule has 0 aromatic rings. The molecule has 0 saturated carbocycles. The number of amides is 1. The van der Waals surface area contributed by atoms with Crippen molar-refractivity contribution in [3.8, 4) is 0 Å². The van der Waals surface area contributed by atoms with Gasteiger partial charge in [-0.3, -0.25) is 4.79 Å². The Labute approximate surface area is 103 Å². The molecule has 0 radical (unpaired) electrons. The summed E-state index contributed by atoms with van der Waals surface area (Å²) in [5.41, 5.74) is 6.97. The van der Waals surface area contributed by atoms with E-state index in [2.05, 4.69) is 11.5 Å². The van der Waals surface area contributed by atoms with E-state index in [0.717, 1.165) is 57.4 Å². The molecule has 4 nitrogen and oxygen atoms in total. The molecule has 0 spiro atoms. The Morgan fingerprint density at radius 2 is 1.88 bits per heavy atom. The number of carbonyl (C=O) groups excluding carboxylic acids is 1. The topological polar surface area (TPSA) is 49.6 Å². The predicted octanol–water partition coefficient (Wildman–Crippen LogP) is 0.936. The van der Waals surface area contributed by atoms with Gasteiger partial charge < -0.3 is 15.5 Å². The molecule has 96 valence electrons. The largest absolute Gasteiger partial charge is 0.365 e. The highest BCUT2D eigenvalue weighted by atomic mass is 16.2. The zero-order chi connectivity index (χ0) is 12.3. The first-order valence-corrected chi connectivity index (χ1v) is 6.65. The van der Waals surface area contributed by atoms with Crippen LogP contribution in [-0.2, 0) is 4.79 Å². The Morgan fingerprint density at radius 1 is 1.24 bits per heavy atom. The molecule has 1 unspecified atom stereocenters. The third-order valence-corrected chi connectivity index (χ3v) is 3.81. The lowest BCUT2D eigenvalue weighted by molar-refractivity contribution is -0.130.